The lowest BCUT2D eigenvalue weighted by molar-refractivity contribution is 0.0696. The molecular weight excluding hydrogens is 332 g/mol. The van der Waals surface area contributed by atoms with Gasteiger partial charge in [-0.05, 0) is 24.5 Å². The summed E-state index contributed by atoms with van der Waals surface area (Å²) in [5, 5.41) is 9.20. The van der Waals surface area contributed by atoms with E-state index < -0.39 is 12.1 Å². The van der Waals surface area contributed by atoms with Gasteiger partial charge in [0.05, 0.1) is 10.6 Å². The zero-order valence-corrected chi connectivity index (χ0v) is 13.4. The Bertz CT molecular complexity index is 762. The highest BCUT2D eigenvalue weighted by molar-refractivity contribution is 6.33. The Labute approximate surface area is 143 Å². The van der Waals surface area contributed by atoms with E-state index in [0.29, 0.717) is 0 Å². The maximum Gasteiger partial charge on any atom is 0.416 e. The fourth-order valence-electron chi connectivity index (χ4n) is 2.27. The van der Waals surface area contributed by atoms with Crippen molar-refractivity contribution in [1.29, 1.82) is 0 Å². The smallest absolute Gasteiger partial charge is 0.416 e. The van der Waals surface area contributed by atoms with Gasteiger partial charge in [0.15, 0.2) is 0 Å². The molecule has 1 N–H and O–H groups in total. The van der Waals surface area contributed by atoms with E-state index in [2.05, 4.69) is 4.98 Å². The number of hydrogen-bond donors (Lipinski definition) is 1. The second-order valence-electron chi connectivity index (χ2n) is 5.47. The molecule has 0 spiro atoms. The van der Waals surface area contributed by atoms with Crippen molar-refractivity contribution in [2.75, 3.05) is 4.90 Å². The van der Waals surface area contributed by atoms with Crippen LogP contribution in [-0.4, -0.2) is 28.2 Å². The molecule has 1 aliphatic rings. The molecule has 0 unspecified atom stereocenters. The van der Waals surface area contributed by atoms with Crippen LogP contribution in [0.4, 0.5) is 10.6 Å². The van der Waals surface area contributed by atoms with Gasteiger partial charge in [0, 0.05) is 12.2 Å². The topological polar surface area (TPSA) is 79.7 Å². The molecule has 24 heavy (non-hydrogen) atoms. The molecule has 124 valence electrons. The highest BCUT2D eigenvalue weighted by Crippen LogP contribution is 2.32. The molecule has 0 atom stereocenters. The number of anilines is 1. The van der Waals surface area contributed by atoms with E-state index in [-0.39, 0.29) is 29.1 Å². The third kappa shape index (κ3) is 3.65. The van der Waals surface area contributed by atoms with Gasteiger partial charge in [0.2, 0.25) is 0 Å². The minimum Gasteiger partial charge on any atom is -0.478 e. The van der Waals surface area contributed by atoms with Gasteiger partial charge in [0.25, 0.3) is 0 Å². The molecule has 0 saturated heterocycles. The normalized spacial score (nSPS) is 13.4. The molecule has 1 aliphatic carbocycles. The summed E-state index contributed by atoms with van der Waals surface area (Å²) < 4.78 is 5.34. The van der Waals surface area contributed by atoms with Gasteiger partial charge in [-0.3, -0.25) is 4.90 Å². The highest BCUT2D eigenvalue weighted by Gasteiger charge is 2.36. The van der Waals surface area contributed by atoms with Gasteiger partial charge >= 0.3 is 12.1 Å². The van der Waals surface area contributed by atoms with Crippen molar-refractivity contribution < 1.29 is 19.4 Å². The maximum absolute atomic E-state index is 12.4. The quantitative estimate of drug-likeness (QED) is 0.892. The van der Waals surface area contributed by atoms with Crippen LogP contribution in [-0.2, 0) is 11.3 Å². The summed E-state index contributed by atoms with van der Waals surface area (Å²) in [6.45, 7) is 0.141. The van der Waals surface area contributed by atoms with E-state index in [0.717, 1.165) is 18.4 Å². The largest absolute Gasteiger partial charge is 0.478 e. The van der Waals surface area contributed by atoms with Crippen LogP contribution in [0.3, 0.4) is 0 Å². The van der Waals surface area contributed by atoms with Crippen molar-refractivity contribution in [3.8, 4) is 0 Å². The number of nitrogens with zero attached hydrogens (tertiary/aromatic N) is 2. The Hall–Kier alpha value is -2.60. The number of aromatic carboxylic acids is 1. The number of halogens is 1. The minimum absolute atomic E-state index is 0.0245. The third-order valence-electron chi connectivity index (χ3n) is 3.63. The van der Waals surface area contributed by atoms with Crippen LogP contribution in [0.1, 0.15) is 28.8 Å². The van der Waals surface area contributed by atoms with Crippen LogP contribution in [0.25, 0.3) is 0 Å². The molecular formula is C17H15ClN2O4. The number of pyridine rings is 1. The molecule has 6 nitrogen and oxygen atoms in total. The van der Waals surface area contributed by atoms with Crippen LogP contribution in [0.2, 0.25) is 5.02 Å². The van der Waals surface area contributed by atoms with Crippen LogP contribution in [0.5, 0.6) is 0 Å². The Morgan fingerprint density at radius 1 is 1.29 bits per heavy atom. The van der Waals surface area contributed by atoms with Crippen molar-refractivity contribution >= 4 is 29.5 Å². The number of carbonyl (C=O) groups excluding carboxylic acids is 1. The monoisotopic (exact) mass is 346 g/mol. The molecule has 1 saturated carbocycles. The molecule has 0 bridgehead atoms. The van der Waals surface area contributed by atoms with Crippen molar-refractivity contribution in [2.24, 2.45) is 0 Å². The van der Waals surface area contributed by atoms with Gasteiger partial charge in [-0.1, -0.05) is 41.9 Å². The van der Waals surface area contributed by atoms with Crippen molar-refractivity contribution in [3.63, 3.8) is 0 Å². The first kappa shape index (κ1) is 16.3. The van der Waals surface area contributed by atoms with E-state index in [1.165, 1.54) is 17.2 Å². The molecule has 1 aromatic heterocycles. The summed E-state index contributed by atoms with van der Waals surface area (Å²) in [6.07, 6.45) is 2.34. The van der Waals surface area contributed by atoms with Crippen LogP contribution in [0, 0.1) is 0 Å². The van der Waals surface area contributed by atoms with Gasteiger partial charge < -0.3 is 9.84 Å². The Kier molecular flexibility index (Phi) is 4.66. The summed E-state index contributed by atoms with van der Waals surface area (Å²) in [6, 6.07) is 10.6. The molecule has 3 rings (SSSR count). The van der Waals surface area contributed by atoms with Crippen molar-refractivity contribution in [2.45, 2.75) is 25.5 Å². The molecule has 0 aliphatic heterocycles. The SMILES string of the molecule is O=C(O)c1cc(N(C(=O)OCc2ccccc2)C2CC2)ncc1Cl. The fourth-order valence-corrected chi connectivity index (χ4v) is 2.46. The van der Waals surface area contributed by atoms with Gasteiger partial charge in [0.1, 0.15) is 12.4 Å². The molecule has 0 radical (unpaired) electrons. The number of ether oxygens (including phenoxy) is 1. The zero-order chi connectivity index (χ0) is 17.1. The summed E-state index contributed by atoms with van der Waals surface area (Å²) in [5.41, 5.74) is 0.778. The van der Waals surface area contributed by atoms with Crippen LogP contribution in [0.15, 0.2) is 42.6 Å². The van der Waals surface area contributed by atoms with Crippen LogP contribution < -0.4 is 4.90 Å². The average molecular weight is 347 g/mol. The van der Waals surface area contributed by atoms with Crippen LogP contribution >= 0.6 is 11.6 Å². The zero-order valence-electron chi connectivity index (χ0n) is 12.7. The molecule has 1 amide bonds. The highest BCUT2D eigenvalue weighted by atomic mass is 35.5. The number of rotatable bonds is 5. The van der Waals surface area contributed by atoms with Crippen molar-refractivity contribution in [3.05, 3.63) is 58.7 Å². The first-order valence-electron chi connectivity index (χ1n) is 7.45. The van der Waals surface area contributed by atoms with Gasteiger partial charge in [-0.2, -0.15) is 0 Å². The Morgan fingerprint density at radius 3 is 2.62 bits per heavy atom. The molecule has 2 aromatic rings. The summed E-state index contributed by atoms with van der Waals surface area (Å²) in [5.74, 6) is -0.936. The average Bonchev–Trinajstić information content (AvgIpc) is 3.40. The predicted molar refractivity (Wildman–Crippen MR) is 88.3 cm³/mol. The number of amides is 1. The standard InChI is InChI=1S/C17H15ClN2O4/c18-14-9-19-15(8-13(14)16(21)22)20(12-6-7-12)17(23)24-10-11-4-2-1-3-5-11/h1-5,8-9,12H,6-7,10H2,(H,21,22). The summed E-state index contributed by atoms with van der Waals surface area (Å²) in [7, 11) is 0. The van der Waals surface area contributed by atoms with E-state index in [1.54, 1.807) is 0 Å². The molecule has 1 heterocycles. The minimum atomic E-state index is -1.17. The number of carboxylic acid groups (broad SMARTS) is 1. The Morgan fingerprint density at radius 2 is 2.00 bits per heavy atom. The summed E-state index contributed by atoms with van der Waals surface area (Å²) in [4.78, 5) is 29.1. The number of aromatic nitrogens is 1. The lowest BCUT2D eigenvalue weighted by Gasteiger charge is -2.21. The Balaban J connectivity index is 1.78. The molecule has 7 heteroatoms. The fraction of sp³-hybridized carbons (Fsp3) is 0.235. The van der Waals surface area contributed by atoms with Crippen molar-refractivity contribution in [1.82, 2.24) is 4.98 Å². The first-order chi connectivity index (χ1) is 11.6. The second-order valence-corrected chi connectivity index (χ2v) is 5.88. The number of carbonyl (C=O) groups is 2. The molecule has 1 fully saturated rings. The number of carboxylic acids is 1. The lowest BCUT2D eigenvalue weighted by Crippen LogP contribution is -2.34. The van der Waals surface area contributed by atoms with E-state index >= 15 is 0 Å². The third-order valence-corrected chi connectivity index (χ3v) is 3.93. The van der Waals surface area contributed by atoms with E-state index in [1.807, 2.05) is 30.3 Å². The number of hydrogen-bond acceptors (Lipinski definition) is 4. The van der Waals surface area contributed by atoms with E-state index in [4.69, 9.17) is 21.4 Å². The summed E-state index contributed by atoms with van der Waals surface area (Å²) >= 11 is 5.83. The van der Waals surface area contributed by atoms with Gasteiger partial charge in [-0.25, -0.2) is 14.6 Å². The number of benzene rings is 1. The van der Waals surface area contributed by atoms with E-state index in [9.17, 15) is 9.59 Å². The lowest BCUT2D eigenvalue weighted by atomic mass is 10.2. The maximum atomic E-state index is 12.4. The molecule has 1 aromatic carbocycles. The first-order valence-corrected chi connectivity index (χ1v) is 7.83. The predicted octanol–water partition coefficient (Wildman–Crippen LogP) is 3.74. The van der Waals surface area contributed by atoms with Gasteiger partial charge in [-0.15, -0.1) is 0 Å². The second kappa shape index (κ2) is 6.88.